The van der Waals surface area contributed by atoms with Crippen molar-refractivity contribution >= 4 is 21.6 Å². The third-order valence-electron chi connectivity index (χ3n) is 4.55. The monoisotopic (exact) mass is 288 g/mol. The molecule has 20 heavy (non-hydrogen) atoms. The highest BCUT2D eigenvalue weighted by atomic mass is 32.1. The number of nitrogens with zero attached hydrogens (tertiary/aromatic N) is 1. The number of hydrogen-bond donors (Lipinski definition) is 1. The molecular weight excluding hydrogens is 264 g/mol. The number of thiazole rings is 1. The van der Waals surface area contributed by atoms with Crippen LogP contribution in [0.2, 0.25) is 0 Å². The first-order valence-corrected chi connectivity index (χ1v) is 8.67. The van der Waals surface area contributed by atoms with Gasteiger partial charge in [0.25, 0.3) is 0 Å². The maximum atomic E-state index is 4.77. The van der Waals surface area contributed by atoms with Crippen molar-refractivity contribution in [2.45, 2.75) is 58.0 Å². The zero-order chi connectivity index (χ0) is 13.9. The molecule has 1 aliphatic rings. The van der Waals surface area contributed by atoms with Gasteiger partial charge in [-0.15, -0.1) is 11.3 Å². The van der Waals surface area contributed by atoms with Gasteiger partial charge in [-0.25, -0.2) is 4.98 Å². The number of para-hydroxylation sites is 1. The molecule has 2 atom stereocenters. The summed E-state index contributed by atoms with van der Waals surface area (Å²) in [4.78, 5) is 4.77. The lowest BCUT2D eigenvalue weighted by Gasteiger charge is -2.30. The fourth-order valence-electron chi connectivity index (χ4n) is 3.31. The summed E-state index contributed by atoms with van der Waals surface area (Å²) in [6.45, 7) is 4.59. The molecule has 0 amide bonds. The average Bonchev–Trinajstić information content (AvgIpc) is 2.92. The van der Waals surface area contributed by atoms with E-state index in [1.165, 1.54) is 41.8 Å². The second-order valence-electron chi connectivity index (χ2n) is 6.09. The molecule has 0 spiro atoms. The maximum Gasteiger partial charge on any atom is 0.111 e. The Kier molecular flexibility index (Phi) is 4.37. The molecule has 1 N–H and O–H groups in total. The molecule has 1 aromatic carbocycles. The molecule has 2 nitrogen and oxygen atoms in total. The molecule has 0 aliphatic heterocycles. The van der Waals surface area contributed by atoms with Crippen LogP contribution in [-0.4, -0.2) is 11.0 Å². The highest BCUT2D eigenvalue weighted by molar-refractivity contribution is 7.18. The summed E-state index contributed by atoms with van der Waals surface area (Å²) in [5.41, 5.74) is 1.13. The molecule has 3 rings (SSSR count). The molecule has 1 heterocycles. The van der Waals surface area contributed by atoms with Crippen molar-refractivity contribution in [2.75, 3.05) is 0 Å². The molecule has 0 saturated heterocycles. The Bertz CT molecular complexity index is 524. The highest BCUT2D eigenvalue weighted by Crippen LogP contribution is 2.30. The van der Waals surface area contributed by atoms with Gasteiger partial charge < -0.3 is 5.32 Å². The minimum absolute atomic E-state index is 0.351. The highest BCUT2D eigenvalue weighted by Gasteiger charge is 2.22. The largest absolute Gasteiger partial charge is 0.305 e. The summed E-state index contributed by atoms with van der Waals surface area (Å²) in [6, 6.07) is 9.36. The van der Waals surface area contributed by atoms with Gasteiger partial charge in [0.2, 0.25) is 0 Å². The van der Waals surface area contributed by atoms with Crippen molar-refractivity contribution in [3.05, 3.63) is 29.3 Å². The Labute approximate surface area is 125 Å². The molecule has 2 aromatic rings. The first-order valence-electron chi connectivity index (χ1n) is 7.85. The number of benzene rings is 1. The number of fused-ring (bicyclic) bond motifs is 1. The summed E-state index contributed by atoms with van der Waals surface area (Å²) in [5.74, 6) is 0.848. The van der Waals surface area contributed by atoms with Crippen molar-refractivity contribution in [3.63, 3.8) is 0 Å². The lowest BCUT2D eigenvalue weighted by atomic mass is 9.84. The smallest absolute Gasteiger partial charge is 0.111 e. The minimum atomic E-state index is 0.351. The lowest BCUT2D eigenvalue weighted by molar-refractivity contribution is 0.268. The van der Waals surface area contributed by atoms with Crippen molar-refractivity contribution < 1.29 is 0 Å². The van der Waals surface area contributed by atoms with Crippen LogP contribution in [0.1, 0.15) is 57.0 Å². The molecule has 0 bridgehead atoms. The maximum absolute atomic E-state index is 4.77. The van der Waals surface area contributed by atoms with Crippen LogP contribution in [0, 0.1) is 5.92 Å². The molecule has 1 saturated carbocycles. The van der Waals surface area contributed by atoms with Gasteiger partial charge in [-0.2, -0.15) is 0 Å². The number of hydrogen-bond acceptors (Lipinski definition) is 3. The molecule has 1 aliphatic carbocycles. The zero-order valence-corrected chi connectivity index (χ0v) is 13.2. The zero-order valence-electron chi connectivity index (χ0n) is 12.4. The predicted octanol–water partition coefficient (Wildman–Crippen LogP) is 4.92. The Hall–Kier alpha value is -0.930. The topological polar surface area (TPSA) is 24.9 Å². The summed E-state index contributed by atoms with van der Waals surface area (Å²) in [5, 5.41) is 4.99. The van der Waals surface area contributed by atoms with Gasteiger partial charge in [-0.1, -0.05) is 31.4 Å². The molecule has 0 radical (unpaired) electrons. The first kappa shape index (κ1) is 14.0. The van der Waals surface area contributed by atoms with E-state index in [1.807, 2.05) is 11.3 Å². The third-order valence-corrected chi connectivity index (χ3v) is 5.77. The Morgan fingerprint density at radius 1 is 1.15 bits per heavy atom. The van der Waals surface area contributed by atoms with Crippen LogP contribution in [0.4, 0.5) is 0 Å². The van der Waals surface area contributed by atoms with Gasteiger partial charge in [-0.3, -0.25) is 0 Å². The van der Waals surface area contributed by atoms with E-state index in [0.717, 1.165) is 11.4 Å². The van der Waals surface area contributed by atoms with Gasteiger partial charge in [-0.05, 0) is 44.7 Å². The van der Waals surface area contributed by atoms with Crippen LogP contribution in [-0.2, 0) is 0 Å². The predicted molar refractivity (Wildman–Crippen MR) is 87.2 cm³/mol. The van der Waals surface area contributed by atoms with Crippen LogP contribution >= 0.6 is 11.3 Å². The summed E-state index contributed by atoms with van der Waals surface area (Å²) >= 11 is 1.82. The van der Waals surface area contributed by atoms with Gasteiger partial charge >= 0.3 is 0 Å². The van der Waals surface area contributed by atoms with Gasteiger partial charge in [0.1, 0.15) is 5.01 Å². The molecule has 108 valence electrons. The van der Waals surface area contributed by atoms with E-state index >= 15 is 0 Å². The quantitative estimate of drug-likeness (QED) is 0.864. The number of nitrogens with one attached hydrogen (secondary N) is 1. The lowest BCUT2D eigenvalue weighted by Crippen LogP contribution is -2.36. The fraction of sp³-hybridized carbons (Fsp3) is 0.588. The van der Waals surface area contributed by atoms with E-state index in [0.29, 0.717) is 12.1 Å². The van der Waals surface area contributed by atoms with Crippen LogP contribution in [0.5, 0.6) is 0 Å². The van der Waals surface area contributed by atoms with E-state index in [1.54, 1.807) is 0 Å². The molecular formula is C17H24N2S. The molecule has 3 heteroatoms. The number of aromatic nitrogens is 1. The van der Waals surface area contributed by atoms with Crippen molar-refractivity contribution in [3.8, 4) is 0 Å². The average molecular weight is 288 g/mol. The Balaban J connectivity index is 1.67. The Morgan fingerprint density at radius 2 is 1.90 bits per heavy atom. The van der Waals surface area contributed by atoms with Crippen LogP contribution < -0.4 is 5.32 Å². The second-order valence-corrected chi connectivity index (χ2v) is 7.16. The van der Waals surface area contributed by atoms with Crippen molar-refractivity contribution in [1.82, 2.24) is 10.3 Å². The molecule has 1 aromatic heterocycles. The van der Waals surface area contributed by atoms with E-state index in [-0.39, 0.29) is 0 Å². The summed E-state index contributed by atoms with van der Waals surface area (Å²) < 4.78 is 1.29. The van der Waals surface area contributed by atoms with Crippen molar-refractivity contribution in [1.29, 1.82) is 0 Å². The van der Waals surface area contributed by atoms with E-state index in [4.69, 9.17) is 4.98 Å². The molecule has 1 fully saturated rings. The van der Waals surface area contributed by atoms with Gasteiger partial charge in [0.15, 0.2) is 0 Å². The van der Waals surface area contributed by atoms with Crippen LogP contribution in [0.25, 0.3) is 10.2 Å². The van der Waals surface area contributed by atoms with E-state index in [9.17, 15) is 0 Å². The van der Waals surface area contributed by atoms with Gasteiger partial charge in [0, 0.05) is 6.04 Å². The van der Waals surface area contributed by atoms with Crippen molar-refractivity contribution in [2.24, 2.45) is 5.92 Å². The fourth-order valence-corrected chi connectivity index (χ4v) is 4.29. The SMILES string of the molecule is CC(NC(C)C1CCCCC1)c1nc2ccccc2s1. The summed E-state index contributed by atoms with van der Waals surface area (Å²) in [7, 11) is 0. The standard InChI is InChI=1S/C17H24N2S/c1-12(14-8-4-3-5-9-14)18-13(2)17-19-15-10-6-7-11-16(15)20-17/h6-7,10-14,18H,3-5,8-9H2,1-2H3. The molecule has 2 unspecified atom stereocenters. The van der Waals surface area contributed by atoms with Gasteiger partial charge in [0.05, 0.1) is 16.3 Å². The van der Waals surface area contributed by atoms with Crippen LogP contribution in [0.3, 0.4) is 0 Å². The van der Waals surface area contributed by atoms with Crippen LogP contribution in [0.15, 0.2) is 24.3 Å². The van der Waals surface area contributed by atoms with E-state index < -0.39 is 0 Å². The second kappa shape index (κ2) is 6.23. The minimum Gasteiger partial charge on any atom is -0.305 e. The third kappa shape index (κ3) is 3.04. The number of rotatable bonds is 4. The first-order chi connectivity index (χ1) is 9.74. The Morgan fingerprint density at radius 3 is 2.65 bits per heavy atom. The summed E-state index contributed by atoms with van der Waals surface area (Å²) in [6.07, 6.45) is 7.02. The van der Waals surface area contributed by atoms with E-state index in [2.05, 4.69) is 43.4 Å². The normalized spacial score (nSPS) is 20.1.